The van der Waals surface area contributed by atoms with Crippen LogP contribution in [0.1, 0.15) is 31.8 Å². The van der Waals surface area contributed by atoms with E-state index < -0.39 is 23.8 Å². The minimum Gasteiger partial charge on any atom is -0.317 e. The zero-order valence-electron chi connectivity index (χ0n) is 16.0. The lowest BCUT2D eigenvalue weighted by atomic mass is 10.0. The van der Waals surface area contributed by atoms with Gasteiger partial charge in [0.2, 0.25) is 5.72 Å². The van der Waals surface area contributed by atoms with Crippen LogP contribution >= 0.6 is 0 Å². The lowest BCUT2D eigenvalue weighted by Gasteiger charge is -2.34. The van der Waals surface area contributed by atoms with Crippen LogP contribution < -0.4 is 0 Å². The maximum atomic E-state index is 13.2. The largest absolute Gasteiger partial charge is 0.317 e. The van der Waals surface area contributed by atoms with Gasteiger partial charge in [0.05, 0.1) is 17.3 Å². The van der Waals surface area contributed by atoms with Gasteiger partial charge in [-0.3, -0.25) is 14.6 Å². The Balaban J connectivity index is 1.54. The summed E-state index contributed by atoms with van der Waals surface area (Å²) >= 11 is 0. The van der Waals surface area contributed by atoms with Crippen LogP contribution in [0.2, 0.25) is 0 Å². The van der Waals surface area contributed by atoms with Gasteiger partial charge in [0.15, 0.2) is 6.23 Å². The topological polar surface area (TPSA) is 59.0 Å². The van der Waals surface area contributed by atoms with Crippen LogP contribution in [0.5, 0.6) is 0 Å². The molecule has 0 aromatic heterocycles. The van der Waals surface area contributed by atoms with Gasteiger partial charge in [-0.2, -0.15) is 0 Å². The Bertz CT molecular complexity index is 1140. The fourth-order valence-electron chi connectivity index (χ4n) is 3.82. The number of fused-ring (bicyclic) bond motifs is 1. The monoisotopic (exact) mass is 394 g/mol. The van der Waals surface area contributed by atoms with Crippen molar-refractivity contribution in [2.75, 3.05) is 0 Å². The van der Waals surface area contributed by atoms with Crippen LogP contribution in [0.25, 0.3) is 6.08 Å². The molecule has 5 nitrogen and oxygen atoms in total. The van der Waals surface area contributed by atoms with Crippen LogP contribution in [-0.2, 0) is 10.5 Å². The van der Waals surface area contributed by atoms with Crippen LogP contribution in [0.4, 0.5) is 0 Å². The first-order valence-electron chi connectivity index (χ1n) is 9.68. The molecule has 2 amide bonds. The normalized spacial score (nSPS) is 22.8. The Morgan fingerprint density at radius 2 is 1.37 bits per heavy atom. The molecule has 0 saturated carbocycles. The fraction of sp³-hybridized carbons (Fsp3) is 0.0800. The molecule has 3 aromatic rings. The molecule has 2 aliphatic heterocycles. The van der Waals surface area contributed by atoms with Gasteiger partial charge in [0, 0.05) is 5.56 Å². The molecular weight excluding hydrogens is 376 g/mol. The second-order valence-electron chi connectivity index (χ2n) is 7.11. The first-order valence-corrected chi connectivity index (χ1v) is 9.68. The number of hydrogen-bond acceptors (Lipinski definition) is 4. The third-order valence-corrected chi connectivity index (χ3v) is 5.26. The summed E-state index contributed by atoms with van der Waals surface area (Å²) in [7, 11) is 0. The van der Waals surface area contributed by atoms with E-state index in [1.54, 1.807) is 30.5 Å². The molecular formula is C25H18N2O3. The molecule has 0 fully saturated rings. The van der Waals surface area contributed by atoms with Gasteiger partial charge in [-0.15, -0.1) is 0 Å². The number of carbonyl (C=O) groups is 2. The summed E-state index contributed by atoms with van der Waals surface area (Å²) in [6.45, 7) is 0. The van der Waals surface area contributed by atoms with E-state index >= 15 is 0 Å². The first-order chi connectivity index (χ1) is 14.7. The van der Waals surface area contributed by atoms with Gasteiger partial charge in [0.1, 0.15) is 0 Å². The lowest BCUT2D eigenvalue weighted by molar-refractivity contribution is -0.0802. The van der Waals surface area contributed by atoms with Gasteiger partial charge in [-0.1, -0.05) is 78.9 Å². The zero-order chi connectivity index (χ0) is 20.6. The van der Waals surface area contributed by atoms with E-state index in [4.69, 9.17) is 4.74 Å². The number of carbonyl (C=O) groups excluding carboxylic acids is 2. The van der Waals surface area contributed by atoms with E-state index in [2.05, 4.69) is 4.99 Å². The van der Waals surface area contributed by atoms with Crippen molar-refractivity contribution in [2.24, 2.45) is 4.99 Å². The van der Waals surface area contributed by atoms with Gasteiger partial charge >= 0.3 is 0 Å². The summed E-state index contributed by atoms with van der Waals surface area (Å²) in [5.74, 6) is -0.780. The number of rotatable bonds is 4. The van der Waals surface area contributed by atoms with Crippen molar-refractivity contribution in [3.63, 3.8) is 0 Å². The molecule has 0 aliphatic carbocycles. The number of ether oxygens (including phenoxy) is 1. The Labute approximate surface area is 173 Å². The van der Waals surface area contributed by atoms with Crippen molar-refractivity contribution in [3.05, 3.63) is 113 Å². The van der Waals surface area contributed by atoms with Crippen LogP contribution in [0.15, 0.2) is 96.0 Å². The number of aliphatic imine (C=N–C) groups is 1. The Morgan fingerprint density at radius 1 is 0.800 bits per heavy atom. The number of benzene rings is 3. The summed E-state index contributed by atoms with van der Waals surface area (Å²) in [5, 5.41) is 0. The SMILES string of the molecule is O=C1c2ccccc2C(=O)N1[C@@]1(c2ccccc2)C=N[C@@H](C=Cc2ccccc2)O1. The Morgan fingerprint density at radius 3 is 2.00 bits per heavy atom. The van der Waals surface area contributed by atoms with Crippen molar-refractivity contribution in [1.29, 1.82) is 0 Å². The molecule has 2 heterocycles. The zero-order valence-corrected chi connectivity index (χ0v) is 16.0. The molecule has 0 radical (unpaired) electrons. The summed E-state index contributed by atoms with van der Waals surface area (Å²) in [5.41, 5.74) is 1.02. The van der Waals surface area contributed by atoms with Crippen molar-refractivity contribution in [1.82, 2.24) is 4.90 Å². The highest BCUT2D eigenvalue weighted by atomic mass is 16.5. The number of nitrogens with zero attached hydrogens (tertiary/aromatic N) is 2. The highest BCUT2D eigenvalue weighted by Gasteiger charge is 2.53. The molecule has 5 rings (SSSR count). The lowest BCUT2D eigenvalue weighted by Crippen LogP contribution is -2.51. The summed E-state index contributed by atoms with van der Waals surface area (Å²) in [4.78, 5) is 32.1. The summed E-state index contributed by atoms with van der Waals surface area (Å²) in [6, 6.07) is 25.8. The average molecular weight is 394 g/mol. The van der Waals surface area contributed by atoms with Crippen molar-refractivity contribution in [3.8, 4) is 0 Å². The third-order valence-electron chi connectivity index (χ3n) is 5.26. The van der Waals surface area contributed by atoms with Crippen molar-refractivity contribution < 1.29 is 14.3 Å². The van der Waals surface area contributed by atoms with Gasteiger partial charge in [-0.05, 0) is 23.8 Å². The fourth-order valence-corrected chi connectivity index (χ4v) is 3.82. The quantitative estimate of drug-likeness (QED) is 0.621. The molecule has 0 unspecified atom stereocenters. The number of imide groups is 1. The third kappa shape index (κ3) is 2.88. The molecule has 3 aromatic carbocycles. The summed E-state index contributed by atoms with van der Waals surface area (Å²) < 4.78 is 6.29. The van der Waals surface area contributed by atoms with E-state index in [0.717, 1.165) is 5.56 Å². The second-order valence-corrected chi connectivity index (χ2v) is 7.11. The molecule has 2 aliphatic rings. The molecule has 2 atom stereocenters. The highest BCUT2D eigenvalue weighted by molar-refractivity contribution is 6.22. The second kappa shape index (κ2) is 7.21. The highest BCUT2D eigenvalue weighted by Crippen LogP contribution is 2.40. The van der Waals surface area contributed by atoms with E-state index in [1.807, 2.05) is 72.8 Å². The minimum absolute atomic E-state index is 0.373. The molecule has 0 N–H and O–H groups in total. The average Bonchev–Trinajstić information content (AvgIpc) is 3.34. The van der Waals surface area contributed by atoms with Gasteiger partial charge in [-0.25, -0.2) is 4.90 Å². The van der Waals surface area contributed by atoms with E-state index in [1.165, 1.54) is 4.90 Å². The van der Waals surface area contributed by atoms with Crippen LogP contribution in [0, 0.1) is 0 Å². The Kier molecular flexibility index (Phi) is 4.38. The van der Waals surface area contributed by atoms with Gasteiger partial charge < -0.3 is 4.74 Å². The molecule has 0 saturated heterocycles. The maximum absolute atomic E-state index is 13.2. The predicted octanol–water partition coefficient (Wildman–Crippen LogP) is 4.28. The van der Waals surface area contributed by atoms with Gasteiger partial charge in [0.25, 0.3) is 11.8 Å². The van der Waals surface area contributed by atoms with Crippen LogP contribution in [0.3, 0.4) is 0 Å². The molecule has 0 spiro atoms. The van der Waals surface area contributed by atoms with Crippen molar-refractivity contribution >= 4 is 24.1 Å². The molecule has 5 heteroatoms. The predicted molar refractivity (Wildman–Crippen MR) is 114 cm³/mol. The first kappa shape index (κ1) is 18.2. The standard InChI is InChI=1S/C25H18N2O3/c28-23-20-13-7-8-14-21(20)24(29)27(23)25(19-11-5-2-6-12-19)17-26-22(30-25)16-15-18-9-3-1-4-10-18/h1-17,22H/t22-,25+/m1/s1. The number of amides is 2. The molecule has 146 valence electrons. The van der Waals surface area contributed by atoms with E-state index in [0.29, 0.717) is 16.7 Å². The molecule has 30 heavy (non-hydrogen) atoms. The Hall–Kier alpha value is -3.83. The number of hydrogen-bond donors (Lipinski definition) is 0. The van der Waals surface area contributed by atoms with Crippen LogP contribution in [-0.4, -0.2) is 29.2 Å². The maximum Gasteiger partial charge on any atom is 0.264 e. The van der Waals surface area contributed by atoms with Crippen molar-refractivity contribution in [2.45, 2.75) is 12.0 Å². The van der Waals surface area contributed by atoms with E-state index in [9.17, 15) is 9.59 Å². The minimum atomic E-state index is -1.40. The smallest absolute Gasteiger partial charge is 0.264 e. The molecule has 0 bridgehead atoms. The summed E-state index contributed by atoms with van der Waals surface area (Å²) in [6.07, 6.45) is 4.65. The van der Waals surface area contributed by atoms with E-state index in [-0.39, 0.29) is 0 Å².